The number of hydrogen-bond donors (Lipinski definition) is 1. The summed E-state index contributed by atoms with van der Waals surface area (Å²) in [5.41, 5.74) is 0.849. The lowest BCUT2D eigenvalue weighted by Gasteiger charge is -2.17. The average molecular weight is 310 g/mol. The van der Waals surface area contributed by atoms with Crippen molar-refractivity contribution >= 4 is 15.9 Å². The molecule has 1 heterocycles. The topological polar surface area (TPSA) is 51.0 Å². The zero-order valence-corrected chi connectivity index (χ0v) is 12.3. The Balaban J connectivity index is 2.16. The van der Waals surface area contributed by atoms with E-state index in [9.17, 15) is 0 Å². The van der Waals surface area contributed by atoms with Crippen molar-refractivity contribution in [3.63, 3.8) is 0 Å². The van der Waals surface area contributed by atoms with Gasteiger partial charge in [-0.2, -0.15) is 4.98 Å². The van der Waals surface area contributed by atoms with Crippen LogP contribution >= 0.6 is 15.9 Å². The van der Waals surface area contributed by atoms with Crippen LogP contribution in [-0.2, 0) is 12.0 Å². The largest absolute Gasteiger partial charge is 0.337 e. The third kappa shape index (κ3) is 2.97. The zero-order valence-electron chi connectivity index (χ0n) is 10.7. The quantitative estimate of drug-likeness (QED) is 0.943. The van der Waals surface area contributed by atoms with Gasteiger partial charge in [-0.05, 0) is 38.6 Å². The summed E-state index contributed by atoms with van der Waals surface area (Å²) in [6, 6.07) is 8.09. The monoisotopic (exact) mass is 309 g/mol. The van der Waals surface area contributed by atoms with E-state index in [1.54, 1.807) is 0 Å². The van der Waals surface area contributed by atoms with Crippen LogP contribution in [0.3, 0.4) is 0 Å². The minimum absolute atomic E-state index is 0.303. The molecule has 0 unspecified atom stereocenters. The summed E-state index contributed by atoms with van der Waals surface area (Å²) in [5.74, 6) is 1.31. The Morgan fingerprint density at radius 3 is 2.83 bits per heavy atom. The average Bonchev–Trinajstić information content (AvgIpc) is 2.78. The Bertz CT molecular complexity index is 537. The standard InChI is InChI=1S/C13H16BrN3O/c1-13(2,15-3)12-16-11(17-18-12)8-9-5-4-6-10(14)7-9/h4-7,15H,8H2,1-3H3. The molecule has 0 aliphatic rings. The molecule has 2 rings (SSSR count). The second-order valence-corrected chi connectivity index (χ2v) is 5.61. The molecule has 0 saturated carbocycles. The van der Waals surface area contributed by atoms with Gasteiger partial charge in [-0.15, -0.1) is 0 Å². The molecule has 0 radical (unpaired) electrons. The molecule has 0 amide bonds. The molecule has 0 spiro atoms. The van der Waals surface area contributed by atoms with Crippen molar-refractivity contribution in [2.75, 3.05) is 7.05 Å². The number of halogens is 1. The lowest BCUT2D eigenvalue weighted by Crippen LogP contribution is -2.33. The first-order chi connectivity index (χ1) is 8.51. The van der Waals surface area contributed by atoms with Crippen LogP contribution < -0.4 is 5.32 Å². The van der Waals surface area contributed by atoms with Crippen LogP contribution in [0, 0.1) is 0 Å². The van der Waals surface area contributed by atoms with E-state index in [1.165, 1.54) is 0 Å². The molecular weight excluding hydrogens is 294 g/mol. The van der Waals surface area contributed by atoms with Gasteiger partial charge in [0.15, 0.2) is 5.82 Å². The number of nitrogens with one attached hydrogen (secondary N) is 1. The van der Waals surface area contributed by atoms with Crippen molar-refractivity contribution in [3.05, 3.63) is 46.0 Å². The van der Waals surface area contributed by atoms with E-state index in [-0.39, 0.29) is 5.54 Å². The molecule has 0 aliphatic heterocycles. The fourth-order valence-electron chi connectivity index (χ4n) is 1.52. The lowest BCUT2D eigenvalue weighted by molar-refractivity contribution is 0.279. The maximum Gasteiger partial charge on any atom is 0.246 e. The van der Waals surface area contributed by atoms with Gasteiger partial charge in [0.2, 0.25) is 5.89 Å². The van der Waals surface area contributed by atoms with E-state index in [0.29, 0.717) is 18.1 Å². The highest BCUT2D eigenvalue weighted by atomic mass is 79.9. The smallest absolute Gasteiger partial charge is 0.246 e. The molecule has 96 valence electrons. The van der Waals surface area contributed by atoms with Crippen LogP contribution in [-0.4, -0.2) is 17.2 Å². The highest BCUT2D eigenvalue weighted by molar-refractivity contribution is 9.10. The molecule has 1 aromatic heterocycles. The third-order valence-electron chi connectivity index (χ3n) is 2.88. The van der Waals surface area contributed by atoms with E-state index in [4.69, 9.17) is 4.52 Å². The molecule has 0 aliphatic carbocycles. The Morgan fingerprint density at radius 1 is 1.39 bits per heavy atom. The maximum atomic E-state index is 5.29. The van der Waals surface area contributed by atoms with Gasteiger partial charge in [0.1, 0.15) is 0 Å². The van der Waals surface area contributed by atoms with Gasteiger partial charge in [0, 0.05) is 10.9 Å². The fourth-order valence-corrected chi connectivity index (χ4v) is 1.96. The molecule has 0 saturated heterocycles. The van der Waals surface area contributed by atoms with Crippen LogP contribution in [0.2, 0.25) is 0 Å². The van der Waals surface area contributed by atoms with Gasteiger partial charge < -0.3 is 9.84 Å². The number of hydrogen-bond acceptors (Lipinski definition) is 4. The van der Waals surface area contributed by atoms with Gasteiger partial charge in [0.05, 0.1) is 5.54 Å². The zero-order chi connectivity index (χ0) is 13.2. The van der Waals surface area contributed by atoms with Crippen LogP contribution in [0.5, 0.6) is 0 Å². The summed E-state index contributed by atoms with van der Waals surface area (Å²) in [7, 11) is 1.87. The summed E-state index contributed by atoms with van der Waals surface area (Å²) in [4.78, 5) is 4.42. The van der Waals surface area contributed by atoms with E-state index in [0.717, 1.165) is 10.0 Å². The van der Waals surface area contributed by atoms with Crippen LogP contribution in [0.1, 0.15) is 31.1 Å². The first-order valence-electron chi connectivity index (χ1n) is 5.77. The lowest BCUT2D eigenvalue weighted by atomic mass is 10.1. The Hall–Kier alpha value is -1.20. The molecular formula is C13H16BrN3O. The van der Waals surface area contributed by atoms with Crippen molar-refractivity contribution in [2.24, 2.45) is 0 Å². The van der Waals surface area contributed by atoms with Crippen LogP contribution in [0.15, 0.2) is 33.3 Å². The molecule has 1 N–H and O–H groups in total. The van der Waals surface area contributed by atoms with Crippen LogP contribution in [0.25, 0.3) is 0 Å². The molecule has 4 nitrogen and oxygen atoms in total. The van der Waals surface area contributed by atoms with Gasteiger partial charge in [-0.3, -0.25) is 0 Å². The Morgan fingerprint density at radius 2 is 2.17 bits per heavy atom. The molecule has 18 heavy (non-hydrogen) atoms. The van der Waals surface area contributed by atoms with Crippen LogP contribution in [0.4, 0.5) is 0 Å². The molecule has 0 fully saturated rings. The third-order valence-corrected chi connectivity index (χ3v) is 3.37. The van der Waals surface area contributed by atoms with E-state index in [1.807, 2.05) is 39.1 Å². The highest BCUT2D eigenvalue weighted by Crippen LogP contribution is 2.19. The van der Waals surface area contributed by atoms with Gasteiger partial charge in [-0.25, -0.2) is 0 Å². The summed E-state index contributed by atoms with van der Waals surface area (Å²) in [5, 5.41) is 7.15. The normalized spacial score (nSPS) is 11.8. The molecule has 5 heteroatoms. The number of rotatable bonds is 4. The fraction of sp³-hybridized carbons (Fsp3) is 0.385. The molecule has 0 bridgehead atoms. The summed E-state index contributed by atoms with van der Waals surface area (Å²) >= 11 is 3.45. The first kappa shape index (κ1) is 13.2. The Kier molecular flexibility index (Phi) is 3.82. The summed E-state index contributed by atoms with van der Waals surface area (Å²) in [6.07, 6.45) is 0.669. The van der Waals surface area contributed by atoms with Crippen molar-refractivity contribution < 1.29 is 4.52 Å². The van der Waals surface area contributed by atoms with E-state index >= 15 is 0 Å². The molecule has 1 aromatic carbocycles. The second kappa shape index (κ2) is 5.20. The molecule has 2 aromatic rings. The van der Waals surface area contributed by atoms with E-state index < -0.39 is 0 Å². The summed E-state index contributed by atoms with van der Waals surface area (Å²) < 4.78 is 6.34. The Labute approximate surface area is 115 Å². The maximum absolute atomic E-state index is 5.29. The van der Waals surface area contributed by atoms with Gasteiger partial charge in [-0.1, -0.05) is 33.2 Å². The molecule has 0 atom stereocenters. The summed E-state index contributed by atoms with van der Waals surface area (Å²) in [6.45, 7) is 4.01. The predicted octanol–water partition coefficient (Wildman–Crippen LogP) is 2.88. The second-order valence-electron chi connectivity index (χ2n) is 4.70. The number of benzene rings is 1. The SMILES string of the molecule is CNC(C)(C)c1nc(Cc2cccc(Br)c2)no1. The van der Waals surface area contributed by atoms with Crippen molar-refractivity contribution in [3.8, 4) is 0 Å². The van der Waals surface area contributed by atoms with Gasteiger partial charge in [0.25, 0.3) is 0 Å². The van der Waals surface area contributed by atoms with Gasteiger partial charge >= 0.3 is 0 Å². The predicted molar refractivity (Wildman–Crippen MR) is 73.3 cm³/mol. The van der Waals surface area contributed by atoms with E-state index in [2.05, 4.69) is 37.5 Å². The van der Waals surface area contributed by atoms with Crippen molar-refractivity contribution in [2.45, 2.75) is 25.8 Å². The minimum atomic E-state index is -0.303. The number of nitrogens with zero attached hydrogens (tertiary/aromatic N) is 2. The first-order valence-corrected chi connectivity index (χ1v) is 6.57. The van der Waals surface area contributed by atoms with Crippen molar-refractivity contribution in [1.29, 1.82) is 0 Å². The minimum Gasteiger partial charge on any atom is -0.337 e. The number of aromatic nitrogens is 2. The highest BCUT2D eigenvalue weighted by Gasteiger charge is 2.25. The van der Waals surface area contributed by atoms with Crippen molar-refractivity contribution in [1.82, 2.24) is 15.5 Å².